The van der Waals surface area contributed by atoms with E-state index in [-0.39, 0.29) is 17.7 Å². The molecule has 1 heterocycles. The largest absolute Gasteiger partial charge is 0.487 e. The molecule has 7 heteroatoms. The first-order valence-electron chi connectivity index (χ1n) is 9.87. The molecule has 162 valence electrons. The average Bonchev–Trinajstić information content (AvgIpc) is 3.02. The Kier molecular flexibility index (Phi) is 7.57. The molecule has 2 amide bonds. The van der Waals surface area contributed by atoms with Gasteiger partial charge in [-0.05, 0) is 98.8 Å². The van der Waals surface area contributed by atoms with Gasteiger partial charge in [-0.1, -0.05) is 60.2 Å². The number of carbonyl (C=O) groups is 2. The molecule has 4 rings (SSSR count). The van der Waals surface area contributed by atoms with Gasteiger partial charge in [0, 0.05) is 0 Å². The molecule has 4 nitrogen and oxygen atoms in total. The Morgan fingerprint density at radius 2 is 1.59 bits per heavy atom. The smallest absolute Gasteiger partial charge is 0.293 e. The first kappa shape index (κ1) is 23.3. The number of thioether (sulfide) groups is 1. The predicted molar refractivity (Wildman–Crippen MR) is 145 cm³/mol. The topological polar surface area (TPSA) is 46.6 Å². The number of ether oxygens (including phenoxy) is 1. The zero-order valence-corrected chi connectivity index (χ0v) is 22.3. The van der Waals surface area contributed by atoms with Gasteiger partial charge in [-0.15, -0.1) is 0 Å². The first-order chi connectivity index (χ1) is 15.4. The average molecular weight is 667 g/mol. The molecule has 0 N–H and O–H groups in total. The van der Waals surface area contributed by atoms with Crippen LogP contribution in [0.3, 0.4) is 0 Å². The van der Waals surface area contributed by atoms with Crippen LogP contribution in [-0.2, 0) is 17.9 Å². The summed E-state index contributed by atoms with van der Waals surface area (Å²) in [6.07, 6.45) is 1.78. The molecule has 3 aromatic carbocycles. The molecule has 1 saturated heterocycles. The standard InChI is InChI=1S/C25H19I2NO3S/c1-16-7-9-17(10-8-16)14-28-24(29)22(32-25(28)30)13-19-11-20(26)23(21(27)12-19)31-15-18-5-3-2-4-6-18/h2-13H,14-15H2,1H3/b22-13+. The highest BCUT2D eigenvalue weighted by Gasteiger charge is 2.35. The zero-order chi connectivity index (χ0) is 22.7. The fourth-order valence-electron chi connectivity index (χ4n) is 3.19. The summed E-state index contributed by atoms with van der Waals surface area (Å²) >= 11 is 5.47. The maximum absolute atomic E-state index is 12.9. The van der Waals surface area contributed by atoms with E-state index < -0.39 is 0 Å². The summed E-state index contributed by atoms with van der Waals surface area (Å²) < 4.78 is 7.95. The number of hydrogen-bond acceptors (Lipinski definition) is 4. The van der Waals surface area contributed by atoms with Crippen molar-refractivity contribution < 1.29 is 14.3 Å². The van der Waals surface area contributed by atoms with E-state index in [0.717, 1.165) is 46.9 Å². The van der Waals surface area contributed by atoms with Crippen molar-refractivity contribution in [3.8, 4) is 5.75 Å². The van der Waals surface area contributed by atoms with Gasteiger partial charge in [0.1, 0.15) is 12.4 Å². The molecule has 1 aliphatic heterocycles. The summed E-state index contributed by atoms with van der Waals surface area (Å²) in [4.78, 5) is 27.1. The molecule has 0 radical (unpaired) electrons. The minimum absolute atomic E-state index is 0.242. The Labute approximate surface area is 218 Å². The lowest BCUT2D eigenvalue weighted by Gasteiger charge is -2.13. The van der Waals surface area contributed by atoms with Crippen LogP contribution in [0.25, 0.3) is 6.08 Å². The van der Waals surface area contributed by atoms with E-state index in [4.69, 9.17) is 4.74 Å². The molecule has 1 aliphatic rings. The summed E-state index contributed by atoms with van der Waals surface area (Å²) in [7, 11) is 0. The maximum atomic E-state index is 12.9. The van der Waals surface area contributed by atoms with Gasteiger partial charge in [-0.3, -0.25) is 14.5 Å². The highest BCUT2D eigenvalue weighted by atomic mass is 127. The molecule has 0 unspecified atom stereocenters. The number of benzene rings is 3. The van der Waals surface area contributed by atoms with Crippen molar-refractivity contribution in [2.45, 2.75) is 20.1 Å². The Balaban J connectivity index is 1.50. The van der Waals surface area contributed by atoms with Crippen molar-refractivity contribution >= 4 is 74.2 Å². The minimum Gasteiger partial charge on any atom is -0.487 e. The van der Waals surface area contributed by atoms with Gasteiger partial charge in [-0.25, -0.2) is 0 Å². The van der Waals surface area contributed by atoms with Crippen molar-refractivity contribution in [1.82, 2.24) is 4.90 Å². The summed E-state index contributed by atoms with van der Waals surface area (Å²) in [5, 5.41) is -0.242. The third-order valence-corrected chi connectivity index (χ3v) is 7.39. The van der Waals surface area contributed by atoms with E-state index in [2.05, 4.69) is 45.2 Å². The number of halogens is 2. The second kappa shape index (κ2) is 10.4. The van der Waals surface area contributed by atoms with Crippen LogP contribution in [0.2, 0.25) is 0 Å². The van der Waals surface area contributed by atoms with Gasteiger partial charge in [0.15, 0.2) is 0 Å². The lowest BCUT2D eigenvalue weighted by Crippen LogP contribution is -2.27. The Bertz CT molecular complexity index is 1170. The van der Waals surface area contributed by atoms with Crippen molar-refractivity contribution in [2.24, 2.45) is 0 Å². The lowest BCUT2D eigenvalue weighted by atomic mass is 10.1. The SMILES string of the molecule is Cc1ccc(CN2C(=O)S/C(=C/c3cc(I)c(OCc4ccccc4)c(I)c3)C2=O)cc1. The van der Waals surface area contributed by atoms with Crippen molar-refractivity contribution in [1.29, 1.82) is 0 Å². The van der Waals surface area contributed by atoms with Gasteiger partial charge in [0.2, 0.25) is 0 Å². The van der Waals surface area contributed by atoms with Gasteiger partial charge >= 0.3 is 0 Å². The number of nitrogens with zero attached hydrogens (tertiary/aromatic N) is 1. The fourth-order valence-corrected chi connectivity index (χ4v) is 6.16. The number of aryl methyl sites for hydroxylation is 1. The van der Waals surface area contributed by atoms with E-state index in [1.165, 1.54) is 4.90 Å². The number of hydrogen-bond donors (Lipinski definition) is 0. The van der Waals surface area contributed by atoms with Crippen molar-refractivity contribution in [3.05, 3.63) is 101 Å². The maximum Gasteiger partial charge on any atom is 0.293 e. The van der Waals surface area contributed by atoms with E-state index in [1.54, 1.807) is 6.08 Å². The summed E-state index contributed by atoms with van der Waals surface area (Å²) in [6, 6.07) is 21.8. The number of rotatable bonds is 6. The third-order valence-electron chi connectivity index (χ3n) is 4.88. The normalized spacial score (nSPS) is 15.0. The Morgan fingerprint density at radius 3 is 2.25 bits per heavy atom. The molecule has 0 bridgehead atoms. The lowest BCUT2D eigenvalue weighted by molar-refractivity contribution is -0.123. The molecular weight excluding hydrogens is 648 g/mol. The van der Waals surface area contributed by atoms with E-state index in [0.29, 0.717) is 11.5 Å². The van der Waals surface area contributed by atoms with E-state index >= 15 is 0 Å². The first-order valence-corrected chi connectivity index (χ1v) is 12.8. The molecule has 0 saturated carbocycles. The molecule has 3 aromatic rings. The van der Waals surface area contributed by atoms with Gasteiger partial charge in [-0.2, -0.15) is 0 Å². The summed E-state index contributed by atoms with van der Waals surface area (Å²) in [5.41, 5.74) is 4.04. The van der Waals surface area contributed by atoms with Crippen LogP contribution in [0.1, 0.15) is 22.3 Å². The fraction of sp³-hybridized carbons (Fsp3) is 0.120. The van der Waals surface area contributed by atoms with Gasteiger partial charge in [0.25, 0.3) is 11.1 Å². The Hall–Kier alpha value is -1.85. The van der Waals surface area contributed by atoms with Gasteiger partial charge < -0.3 is 4.74 Å². The van der Waals surface area contributed by atoms with E-state index in [1.807, 2.05) is 73.7 Å². The summed E-state index contributed by atoms with van der Waals surface area (Å²) in [6.45, 7) is 2.78. The van der Waals surface area contributed by atoms with Crippen LogP contribution in [0.5, 0.6) is 5.75 Å². The quantitative estimate of drug-likeness (QED) is 0.210. The molecular formula is C25H19I2NO3S. The molecule has 0 atom stereocenters. The van der Waals surface area contributed by atoms with Crippen LogP contribution in [0.15, 0.2) is 71.6 Å². The monoisotopic (exact) mass is 667 g/mol. The predicted octanol–water partition coefficient (Wildman–Crippen LogP) is 7.02. The molecule has 1 fully saturated rings. The highest BCUT2D eigenvalue weighted by Crippen LogP contribution is 2.35. The minimum atomic E-state index is -0.255. The van der Waals surface area contributed by atoms with Crippen molar-refractivity contribution in [2.75, 3.05) is 0 Å². The highest BCUT2D eigenvalue weighted by molar-refractivity contribution is 14.1. The van der Waals surface area contributed by atoms with Crippen molar-refractivity contribution in [3.63, 3.8) is 0 Å². The van der Waals surface area contributed by atoms with Crippen LogP contribution in [-0.4, -0.2) is 16.0 Å². The van der Waals surface area contributed by atoms with Crippen LogP contribution in [0.4, 0.5) is 4.79 Å². The second-order valence-electron chi connectivity index (χ2n) is 7.34. The molecule has 32 heavy (non-hydrogen) atoms. The molecule has 0 aliphatic carbocycles. The van der Waals surface area contributed by atoms with Crippen LogP contribution in [0, 0.1) is 14.1 Å². The van der Waals surface area contributed by atoms with Gasteiger partial charge in [0.05, 0.1) is 18.6 Å². The Morgan fingerprint density at radius 1 is 0.938 bits per heavy atom. The second-order valence-corrected chi connectivity index (χ2v) is 10.7. The summed E-state index contributed by atoms with van der Waals surface area (Å²) in [5.74, 6) is 0.565. The number of carbonyl (C=O) groups excluding carboxylic acids is 2. The van der Waals surface area contributed by atoms with Crippen LogP contribution < -0.4 is 4.74 Å². The molecule has 0 spiro atoms. The van der Waals surface area contributed by atoms with E-state index in [9.17, 15) is 9.59 Å². The number of amides is 2. The number of imide groups is 1. The third kappa shape index (κ3) is 5.55. The molecule has 0 aromatic heterocycles. The van der Waals surface area contributed by atoms with Crippen LogP contribution >= 0.6 is 56.9 Å². The zero-order valence-electron chi connectivity index (χ0n) is 17.2.